The SMILES string of the molecule is CC.COC(C)=O.c1ccccc1. The highest BCUT2D eigenvalue weighted by molar-refractivity contribution is 5.65. The van der Waals surface area contributed by atoms with Crippen molar-refractivity contribution in [3.63, 3.8) is 0 Å². The summed E-state index contributed by atoms with van der Waals surface area (Å²) < 4.78 is 4.11. The molecule has 0 N–H and O–H groups in total. The van der Waals surface area contributed by atoms with Crippen molar-refractivity contribution in [1.82, 2.24) is 0 Å². The maximum absolute atomic E-state index is 9.59. The zero-order chi connectivity index (χ0) is 10.5. The van der Waals surface area contributed by atoms with Gasteiger partial charge in [-0.1, -0.05) is 50.2 Å². The molecule has 0 aliphatic rings. The van der Waals surface area contributed by atoms with Crippen LogP contribution in [-0.2, 0) is 9.53 Å². The Morgan fingerprint density at radius 2 is 1.08 bits per heavy atom. The highest BCUT2D eigenvalue weighted by Crippen LogP contribution is 1.79. The summed E-state index contributed by atoms with van der Waals surface area (Å²) in [5.41, 5.74) is 0. The smallest absolute Gasteiger partial charge is 0.302 e. The van der Waals surface area contributed by atoms with E-state index in [1.165, 1.54) is 14.0 Å². The molecule has 0 heterocycles. The van der Waals surface area contributed by atoms with Crippen molar-refractivity contribution in [2.75, 3.05) is 7.11 Å². The molecule has 2 nitrogen and oxygen atoms in total. The number of methoxy groups -OCH3 is 1. The van der Waals surface area contributed by atoms with Gasteiger partial charge < -0.3 is 4.74 Å². The van der Waals surface area contributed by atoms with Crippen LogP contribution in [0.2, 0.25) is 0 Å². The lowest BCUT2D eigenvalue weighted by Gasteiger charge is -1.80. The number of ether oxygens (including phenoxy) is 1. The lowest BCUT2D eigenvalue weighted by molar-refractivity contribution is -0.137. The number of hydrogen-bond donors (Lipinski definition) is 0. The van der Waals surface area contributed by atoms with Gasteiger partial charge in [0, 0.05) is 6.92 Å². The van der Waals surface area contributed by atoms with Crippen molar-refractivity contribution in [2.45, 2.75) is 20.8 Å². The number of carbonyl (C=O) groups excluding carboxylic acids is 1. The van der Waals surface area contributed by atoms with Crippen LogP contribution in [0.4, 0.5) is 0 Å². The van der Waals surface area contributed by atoms with E-state index in [2.05, 4.69) is 4.74 Å². The quantitative estimate of drug-likeness (QED) is 0.577. The molecule has 1 aromatic carbocycles. The molecule has 2 heteroatoms. The third-order valence-electron chi connectivity index (χ3n) is 0.954. The molecule has 0 aliphatic carbocycles. The third-order valence-corrected chi connectivity index (χ3v) is 0.954. The first-order valence-corrected chi connectivity index (χ1v) is 4.32. The first-order valence-electron chi connectivity index (χ1n) is 4.32. The van der Waals surface area contributed by atoms with Crippen LogP contribution in [0.5, 0.6) is 0 Å². The van der Waals surface area contributed by atoms with Crippen LogP contribution in [0.15, 0.2) is 36.4 Å². The first kappa shape index (κ1) is 14.2. The Morgan fingerprint density at radius 3 is 1.15 bits per heavy atom. The second-order valence-electron chi connectivity index (χ2n) is 1.85. The van der Waals surface area contributed by atoms with Crippen molar-refractivity contribution in [1.29, 1.82) is 0 Å². The molecule has 0 aromatic heterocycles. The first-order chi connectivity index (χ1) is 6.27. The summed E-state index contributed by atoms with van der Waals surface area (Å²) in [5.74, 6) is -0.245. The Kier molecular flexibility index (Phi) is 14.5. The Labute approximate surface area is 80.5 Å². The van der Waals surface area contributed by atoms with Gasteiger partial charge in [-0.3, -0.25) is 4.79 Å². The van der Waals surface area contributed by atoms with Gasteiger partial charge in [0.1, 0.15) is 0 Å². The Balaban J connectivity index is 0. The molecule has 0 bridgehead atoms. The predicted molar refractivity (Wildman–Crippen MR) is 55.5 cm³/mol. The summed E-state index contributed by atoms with van der Waals surface area (Å²) in [4.78, 5) is 9.59. The van der Waals surface area contributed by atoms with Gasteiger partial charge in [0.25, 0.3) is 0 Å². The van der Waals surface area contributed by atoms with Gasteiger partial charge in [-0.05, 0) is 0 Å². The molecule has 0 amide bonds. The molecule has 0 atom stereocenters. The zero-order valence-corrected chi connectivity index (χ0v) is 8.78. The second-order valence-corrected chi connectivity index (χ2v) is 1.85. The fourth-order valence-corrected chi connectivity index (χ4v) is 0.385. The molecule has 0 saturated carbocycles. The van der Waals surface area contributed by atoms with Gasteiger partial charge >= 0.3 is 5.97 Å². The summed E-state index contributed by atoms with van der Waals surface area (Å²) >= 11 is 0. The van der Waals surface area contributed by atoms with Crippen LogP contribution >= 0.6 is 0 Å². The monoisotopic (exact) mass is 182 g/mol. The maximum Gasteiger partial charge on any atom is 0.302 e. The number of rotatable bonds is 0. The van der Waals surface area contributed by atoms with E-state index in [9.17, 15) is 4.79 Å². The Bertz CT molecular complexity index is 156. The van der Waals surface area contributed by atoms with Crippen molar-refractivity contribution in [3.05, 3.63) is 36.4 Å². The van der Waals surface area contributed by atoms with Crippen LogP contribution in [0.1, 0.15) is 20.8 Å². The van der Waals surface area contributed by atoms with Gasteiger partial charge in [-0.15, -0.1) is 0 Å². The highest BCUT2D eigenvalue weighted by Gasteiger charge is 1.75. The minimum Gasteiger partial charge on any atom is -0.469 e. The molecular weight excluding hydrogens is 164 g/mol. The van der Waals surface area contributed by atoms with Crippen molar-refractivity contribution in [2.24, 2.45) is 0 Å². The summed E-state index contributed by atoms with van der Waals surface area (Å²) in [6.07, 6.45) is 0. The van der Waals surface area contributed by atoms with E-state index in [0.717, 1.165) is 0 Å². The normalized spacial score (nSPS) is 6.77. The molecule has 0 fully saturated rings. The Hall–Kier alpha value is -1.31. The van der Waals surface area contributed by atoms with E-state index in [1.807, 2.05) is 50.2 Å². The summed E-state index contributed by atoms with van der Waals surface area (Å²) in [6, 6.07) is 12.0. The van der Waals surface area contributed by atoms with Crippen LogP contribution in [0, 0.1) is 0 Å². The zero-order valence-electron chi connectivity index (χ0n) is 8.78. The van der Waals surface area contributed by atoms with Crippen molar-refractivity contribution >= 4 is 5.97 Å². The number of benzene rings is 1. The van der Waals surface area contributed by atoms with Crippen LogP contribution < -0.4 is 0 Å². The van der Waals surface area contributed by atoms with Crippen molar-refractivity contribution < 1.29 is 9.53 Å². The minimum absolute atomic E-state index is 0.245. The maximum atomic E-state index is 9.59. The minimum atomic E-state index is -0.245. The molecule has 0 aliphatic heterocycles. The fraction of sp³-hybridized carbons (Fsp3) is 0.364. The van der Waals surface area contributed by atoms with Crippen LogP contribution in [0.3, 0.4) is 0 Å². The second kappa shape index (κ2) is 13.3. The molecule has 0 radical (unpaired) electrons. The average Bonchev–Trinajstić information content (AvgIpc) is 2.24. The molecule has 13 heavy (non-hydrogen) atoms. The molecule has 0 unspecified atom stereocenters. The van der Waals surface area contributed by atoms with Crippen LogP contribution in [0.25, 0.3) is 0 Å². The number of esters is 1. The molecule has 1 aromatic rings. The summed E-state index contributed by atoms with van der Waals surface area (Å²) in [5, 5.41) is 0. The van der Waals surface area contributed by atoms with E-state index in [4.69, 9.17) is 0 Å². The molecule has 74 valence electrons. The fourth-order valence-electron chi connectivity index (χ4n) is 0.385. The molecule has 0 spiro atoms. The number of carbonyl (C=O) groups is 1. The standard InChI is InChI=1S/C6H6.C3H6O2.C2H6/c1-2-4-6-5-3-1;1-3(4)5-2;1-2/h1-6H;1-2H3;1-2H3. The lowest BCUT2D eigenvalue weighted by atomic mass is 10.4. The summed E-state index contributed by atoms with van der Waals surface area (Å²) in [7, 11) is 1.35. The van der Waals surface area contributed by atoms with Gasteiger partial charge in [0.05, 0.1) is 7.11 Å². The lowest BCUT2D eigenvalue weighted by Crippen LogP contribution is -1.88. The predicted octanol–water partition coefficient (Wildman–Crippen LogP) is 2.89. The third kappa shape index (κ3) is 18.0. The van der Waals surface area contributed by atoms with Gasteiger partial charge in [-0.25, -0.2) is 0 Å². The van der Waals surface area contributed by atoms with Gasteiger partial charge in [0.15, 0.2) is 0 Å². The molecule has 0 saturated heterocycles. The van der Waals surface area contributed by atoms with Crippen molar-refractivity contribution in [3.8, 4) is 0 Å². The van der Waals surface area contributed by atoms with E-state index >= 15 is 0 Å². The van der Waals surface area contributed by atoms with Gasteiger partial charge in [0.2, 0.25) is 0 Å². The molecule has 1 rings (SSSR count). The number of hydrogen-bond acceptors (Lipinski definition) is 2. The van der Waals surface area contributed by atoms with Gasteiger partial charge in [-0.2, -0.15) is 0 Å². The van der Waals surface area contributed by atoms with E-state index < -0.39 is 0 Å². The van der Waals surface area contributed by atoms with E-state index in [0.29, 0.717) is 0 Å². The topological polar surface area (TPSA) is 26.3 Å². The molecular formula is C11H18O2. The summed E-state index contributed by atoms with van der Waals surface area (Å²) in [6.45, 7) is 5.36. The van der Waals surface area contributed by atoms with E-state index in [1.54, 1.807) is 0 Å². The highest BCUT2D eigenvalue weighted by atomic mass is 16.5. The largest absolute Gasteiger partial charge is 0.469 e. The average molecular weight is 182 g/mol. The van der Waals surface area contributed by atoms with E-state index in [-0.39, 0.29) is 5.97 Å². The Morgan fingerprint density at radius 1 is 0.923 bits per heavy atom. The van der Waals surface area contributed by atoms with Crippen LogP contribution in [-0.4, -0.2) is 13.1 Å².